The fourth-order valence-corrected chi connectivity index (χ4v) is 4.80. The van der Waals surface area contributed by atoms with Crippen LogP contribution in [0.25, 0.3) is 6.08 Å². The third-order valence-corrected chi connectivity index (χ3v) is 5.70. The molecule has 0 N–H and O–H groups in total. The minimum atomic E-state index is -0.361. The molecule has 0 saturated carbocycles. The molecule has 1 saturated heterocycles. The summed E-state index contributed by atoms with van der Waals surface area (Å²) in [6.07, 6.45) is 1.68. The number of nitrogens with zero attached hydrogens (tertiary/aromatic N) is 1. The van der Waals surface area contributed by atoms with Crippen LogP contribution in [0.1, 0.15) is 5.56 Å². The minimum Gasteiger partial charge on any atom is -0.494 e. The van der Waals surface area contributed by atoms with E-state index in [1.165, 1.54) is 0 Å². The van der Waals surface area contributed by atoms with Crippen molar-refractivity contribution in [3.8, 4) is 5.75 Å². The minimum absolute atomic E-state index is 0.342. The summed E-state index contributed by atoms with van der Waals surface area (Å²) in [5.41, 5.74) is 1.26. The molecule has 0 aromatic heterocycles. The van der Waals surface area contributed by atoms with E-state index in [1.54, 1.807) is 37.5 Å². The third-order valence-electron chi connectivity index (χ3n) is 3.40. The van der Waals surface area contributed by atoms with Gasteiger partial charge in [0.2, 0.25) is 0 Å². The molecule has 1 aliphatic heterocycles. The number of carbonyl (C=O) groups is 2. The van der Waals surface area contributed by atoms with E-state index in [0.29, 0.717) is 21.4 Å². The van der Waals surface area contributed by atoms with E-state index in [4.69, 9.17) is 16.3 Å². The summed E-state index contributed by atoms with van der Waals surface area (Å²) in [6.45, 7) is 0. The van der Waals surface area contributed by atoms with Crippen LogP contribution < -0.4 is 9.64 Å². The fraction of sp³-hybridized carbons (Fsp3) is 0.0588. The van der Waals surface area contributed by atoms with E-state index in [9.17, 15) is 9.59 Å². The van der Waals surface area contributed by atoms with Gasteiger partial charge in [-0.05, 0) is 91.7 Å². The molecule has 2 aromatic rings. The molecule has 128 valence electrons. The van der Waals surface area contributed by atoms with Crippen LogP contribution in [0.5, 0.6) is 5.75 Å². The van der Waals surface area contributed by atoms with Gasteiger partial charge in [-0.1, -0.05) is 11.6 Å². The second-order valence-electron chi connectivity index (χ2n) is 5.01. The number of anilines is 1. The van der Waals surface area contributed by atoms with Crippen molar-refractivity contribution in [2.75, 3.05) is 12.0 Å². The Morgan fingerprint density at radius 3 is 2.28 bits per heavy atom. The SMILES string of the molecule is COc1c(Br)cc(/C=C2/SC(=O)N(c3ccc(Cl)cc3)C2=O)cc1Br. The van der Waals surface area contributed by atoms with Gasteiger partial charge in [-0.25, -0.2) is 4.90 Å². The van der Waals surface area contributed by atoms with E-state index >= 15 is 0 Å². The van der Waals surface area contributed by atoms with Crippen LogP contribution >= 0.6 is 55.2 Å². The van der Waals surface area contributed by atoms with Gasteiger partial charge in [0.05, 0.1) is 26.6 Å². The lowest BCUT2D eigenvalue weighted by Gasteiger charge is -2.12. The standard InChI is InChI=1S/C17H10Br2ClNO3S/c1-24-15-12(18)6-9(7-13(15)19)8-14-16(22)21(17(23)25-14)11-4-2-10(20)3-5-11/h2-8H,1H3/b14-8+. The molecule has 0 bridgehead atoms. The summed E-state index contributed by atoms with van der Waals surface area (Å²) < 4.78 is 6.75. The van der Waals surface area contributed by atoms with Crippen LogP contribution in [0, 0.1) is 0 Å². The Balaban J connectivity index is 1.94. The zero-order valence-electron chi connectivity index (χ0n) is 12.8. The predicted molar refractivity (Wildman–Crippen MR) is 108 cm³/mol. The molecule has 8 heteroatoms. The summed E-state index contributed by atoms with van der Waals surface area (Å²) in [4.78, 5) is 26.4. The molecule has 25 heavy (non-hydrogen) atoms. The number of thioether (sulfide) groups is 1. The fourth-order valence-electron chi connectivity index (χ4n) is 2.29. The molecule has 0 unspecified atom stereocenters. The Labute approximate surface area is 170 Å². The molecule has 0 atom stereocenters. The van der Waals surface area contributed by atoms with Crippen molar-refractivity contribution in [1.82, 2.24) is 0 Å². The van der Waals surface area contributed by atoms with Crippen molar-refractivity contribution in [3.05, 3.63) is 60.8 Å². The number of rotatable bonds is 3. The molecule has 2 amide bonds. The maximum Gasteiger partial charge on any atom is 0.298 e. The molecule has 2 aromatic carbocycles. The number of imide groups is 1. The first-order valence-corrected chi connectivity index (χ1v) is 9.75. The van der Waals surface area contributed by atoms with Gasteiger partial charge in [-0.3, -0.25) is 9.59 Å². The Morgan fingerprint density at radius 1 is 1.12 bits per heavy atom. The van der Waals surface area contributed by atoms with E-state index in [1.807, 2.05) is 12.1 Å². The number of carbonyl (C=O) groups excluding carboxylic acids is 2. The van der Waals surface area contributed by atoms with Crippen molar-refractivity contribution in [2.24, 2.45) is 0 Å². The van der Waals surface area contributed by atoms with Gasteiger partial charge < -0.3 is 4.74 Å². The number of hydrogen-bond acceptors (Lipinski definition) is 4. The second-order valence-corrected chi connectivity index (χ2v) is 8.15. The first-order valence-electron chi connectivity index (χ1n) is 6.97. The largest absolute Gasteiger partial charge is 0.494 e. The number of halogens is 3. The predicted octanol–water partition coefficient (Wildman–Crippen LogP) is 6.11. The Hall–Kier alpha value is -1.28. The van der Waals surface area contributed by atoms with E-state index in [-0.39, 0.29) is 11.1 Å². The molecule has 1 aliphatic rings. The average Bonchev–Trinajstić information content (AvgIpc) is 2.82. The quantitative estimate of drug-likeness (QED) is 0.474. The van der Waals surface area contributed by atoms with Crippen LogP contribution in [0.2, 0.25) is 5.02 Å². The smallest absolute Gasteiger partial charge is 0.298 e. The first kappa shape index (κ1) is 18.5. The van der Waals surface area contributed by atoms with Crippen molar-refractivity contribution in [3.63, 3.8) is 0 Å². The molecule has 1 heterocycles. The van der Waals surface area contributed by atoms with Crippen molar-refractivity contribution in [2.45, 2.75) is 0 Å². The normalized spacial score (nSPS) is 16.0. The van der Waals surface area contributed by atoms with Crippen molar-refractivity contribution < 1.29 is 14.3 Å². The van der Waals surface area contributed by atoms with E-state index in [2.05, 4.69) is 31.9 Å². The first-order chi connectivity index (χ1) is 11.9. The van der Waals surface area contributed by atoms with Gasteiger partial charge >= 0.3 is 0 Å². The highest BCUT2D eigenvalue weighted by Crippen LogP contribution is 2.38. The molecule has 3 rings (SSSR count). The van der Waals surface area contributed by atoms with Crippen molar-refractivity contribution >= 4 is 78.1 Å². The molecule has 0 aliphatic carbocycles. The van der Waals surface area contributed by atoms with Crippen LogP contribution in [-0.2, 0) is 4.79 Å². The molecule has 1 fully saturated rings. The number of methoxy groups -OCH3 is 1. The van der Waals surface area contributed by atoms with E-state index < -0.39 is 0 Å². The maximum atomic E-state index is 12.6. The van der Waals surface area contributed by atoms with Gasteiger partial charge in [0.1, 0.15) is 5.75 Å². The highest BCUT2D eigenvalue weighted by atomic mass is 79.9. The maximum absolute atomic E-state index is 12.6. The monoisotopic (exact) mass is 501 g/mol. The van der Waals surface area contributed by atoms with Crippen LogP contribution in [0.15, 0.2) is 50.2 Å². The summed E-state index contributed by atoms with van der Waals surface area (Å²) in [5, 5.41) is 0.199. The molecule has 4 nitrogen and oxygen atoms in total. The summed E-state index contributed by atoms with van der Waals surface area (Å²) in [5.74, 6) is 0.298. The Kier molecular flexibility index (Phi) is 5.58. The van der Waals surface area contributed by atoms with Crippen LogP contribution in [0.4, 0.5) is 10.5 Å². The lowest BCUT2D eigenvalue weighted by Crippen LogP contribution is -2.27. The number of amides is 2. The van der Waals surface area contributed by atoms with Crippen LogP contribution in [-0.4, -0.2) is 18.3 Å². The third kappa shape index (κ3) is 3.79. The second kappa shape index (κ2) is 7.53. The number of ether oxygens (including phenoxy) is 1. The highest BCUT2D eigenvalue weighted by molar-refractivity contribution is 9.11. The Bertz CT molecular complexity index is 876. The number of hydrogen-bond donors (Lipinski definition) is 0. The van der Waals surface area contributed by atoms with Gasteiger partial charge in [0, 0.05) is 5.02 Å². The summed E-state index contributed by atoms with van der Waals surface area (Å²) >= 11 is 13.6. The van der Waals surface area contributed by atoms with Crippen molar-refractivity contribution in [1.29, 1.82) is 0 Å². The molecule has 0 radical (unpaired) electrons. The lowest BCUT2D eigenvalue weighted by molar-refractivity contribution is -0.113. The summed E-state index contributed by atoms with van der Waals surface area (Å²) in [7, 11) is 1.57. The van der Waals surface area contributed by atoms with Gasteiger partial charge in [0.15, 0.2) is 0 Å². The topological polar surface area (TPSA) is 46.6 Å². The van der Waals surface area contributed by atoms with E-state index in [0.717, 1.165) is 31.2 Å². The summed E-state index contributed by atoms with van der Waals surface area (Å²) in [6, 6.07) is 10.2. The molecule has 0 spiro atoms. The van der Waals surface area contributed by atoms with Gasteiger partial charge in [0.25, 0.3) is 11.1 Å². The zero-order chi connectivity index (χ0) is 18.1. The average molecular weight is 504 g/mol. The Morgan fingerprint density at radius 2 is 1.72 bits per heavy atom. The van der Waals surface area contributed by atoms with Gasteiger partial charge in [-0.2, -0.15) is 0 Å². The zero-order valence-corrected chi connectivity index (χ0v) is 17.5. The van der Waals surface area contributed by atoms with Gasteiger partial charge in [-0.15, -0.1) is 0 Å². The number of benzene rings is 2. The molecular weight excluding hydrogens is 494 g/mol. The van der Waals surface area contributed by atoms with Crippen LogP contribution in [0.3, 0.4) is 0 Å². The highest BCUT2D eigenvalue weighted by Gasteiger charge is 2.36. The lowest BCUT2D eigenvalue weighted by atomic mass is 10.2. The molecular formula is C17H10Br2ClNO3S.